The van der Waals surface area contributed by atoms with Gasteiger partial charge in [0.2, 0.25) is 0 Å². The summed E-state index contributed by atoms with van der Waals surface area (Å²) in [6.45, 7) is 10.5. The Morgan fingerprint density at radius 2 is 1.47 bits per heavy atom. The van der Waals surface area contributed by atoms with Gasteiger partial charge in [-0.05, 0) is 12.3 Å². The molecule has 0 aliphatic carbocycles. The van der Waals surface area contributed by atoms with E-state index in [1.807, 2.05) is 13.8 Å². The van der Waals surface area contributed by atoms with E-state index in [9.17, 15) is 4.79 Å². The first-order valence-corrected chi connectivity index (χ1v) is 7.72. The summed E-state index contributed by atoms with van der Waals surface area (Å²) in [6, 6.07) is 0. The van der Waals surface area contributed by atoms with Gasteiger partial charge in [0.15, 0.2) is 5.78 Å². The number of ketones is 1. The van der Waals surface area contributed by atoms with E-state index in [1.165, 1.54) is 25.7 Å². The van der Waals surface area contributed by atoms with E-state index in [0.29, 0.717) is 13.2 Å². The maximum absolute atomic E-state index is 11.3. The smallest absolute Gasteiger partial charge is 0.160 e. The number of hydrogen-bond donors (Lipinski definition) is 0. The molecule has 0 radical (unpaired) electrons. The molecule has 3 heteroatoms. The lowest BCUT2D eigenvalue weighted by molar-refractivity contribution is -0.127. The van der Waals surface area contributed by atoms with Crippen molar-refractivity contribution in [3.05, 3.63) is 0 Å². The SMILES string of the molecule is CC(C)CCCCCCOCCOCC(=O)C(C)C. The molecule has 0 atom stereocenters. The van der Waals surface area contributed by atoms with Crippen molar-refractivity contribution >= 4 is 5.78 Å². The van der Waals surface area contributed by atoms with Gasteiger partial charge >= 0.3 is 0 Å². The standard InChI is InChI=1S/C16H32O3/c1-14(2)9-7-5-6-8-10-18-11-12-19-13-16(17)15(3)4/h14-15H,5-13H2,1-4H3. The highest BCUT2D eigenvalue weighted by Gasteiger charge is 2.06. The summed E-state index contributed by atoms with van der Waals surface area (Å²) in [7, 11) is 0. The Kier molecular flexibility index (Phi) is 12.3. The number of rotatable bonds is 13. The van der Waals surface area contributed by atoms with Gasteiger partial charge in [0.05, 0.1) is 13.2 Å². The molecule has 0 aromatic rings. The number of carbonyl (C=O) groups excluding carboxylic acids is 1. The van der Waals surface area contributed by atoms with Crippen LogP contribution in [0, 0.1) is 11.8 Å². The first-order valence-electron chi connectivity index (χ1n) is 7.72. The van der Waals surface area contributed by atoms with Gasteiger partial charge in [0, 0.05) is 12.5 Å². The van der Waals surface area contributed by atoms with Crippen molar-refractivity contribution in [1.29, 1.82) is 0 Å². The molecule has 114 valence electrons. The molecule has 0 N–H and O–H groups in total. The fraction of sp³-hybridized carbons (Fsp3) is 0.938. The van der Waals surface area contributed by atoms with E-state index < -0.39 is 0 Å². The van der Waals surface area contributed by atoms with Crippen LogP contribution in [0.25, 0.3) is 0 Å². The van der Waals surface area contributed by atoms with Gasteiger partial charge < -0.3 is 9.47 Å². The maximum atomic E-state index is 11.3. The molecule has 0 spiro atoms. The van der Waals surface area contributed by atoms with Gasteiger partial charge in [-0.1, -0.05) is 53.4 Å². The number of Topliss-reactive ketones (excluding diaryl/α,β-unsaturated/α-hetero) is 1. The van der Waals surface area contributed by atoms with Crippen molar-refractivity contribution < 1.29 is 14.3 Å². The minimum absolute atomic E-state index is 0.0618. The lowest BCUT2D eigenvalue weighted by atomic mass is 10.0. The van der Waals surface area contributed by atoms with Crippen molar-refractivity contribution in [2.75, 3.05) is 26.4 Å². The van der Waals surface area contributed by atoms with Crippen LogP contribution in [0.4, 0.5) is 0 Å². The Balaban J connectivity index is 3.09. The molecule has 0 aliphatic heterocycles. The van der Waals surface area contributed by atoms with Gasteiger partial charge in [-0.15, -0.1) is 0 Å². The summed E-state index contributed by atoms with van der Waals surface area (Å²) >= 11 is 0. The van der Waals surface area contributed by atoms with Crippen LogP contribution in [-0.2, 0) is 14.3 Å². The maximum Gasteiger partial charge on any atom is 0.160 e. The quantitative estimate of drug-likeness (QED) is 0.478. The van der Waals surface area contributed by atoms with Crippen molar-refractivity contribution in [2.45, 2.75) is 59.8 Å². The third kappa shape index (κ3) is 13.8. The highest BCUT2D eigenvalue weighted by Crippen LogP contribution is 2.09. The van der Waals surface area contributed by atoms with Crippen LogP contribution in [0.2, 0.25) is 0 Å². The molecule has 0 aromatic heterocycles. The van der Waals surface area contributed by atoms with Crippen molar-refractivity contribution in [3.8, 4) is 0 Å². The van der Waals surface area contributed by atoms with Crippen LogP contribution < -0.4 is 0 Å². The molecule has 3 nitrogen and oxygen atoms in total. The zero-order valence-corrected chi connectivity index (χ0v) is 13.2. The van der Waals surface area contributed by atoms with Gasteiger partial charge in [-0.3, -0.25) is 4.79 Å². The predicted molar refractivity (Wildman–Crippen MR) is 79.4 cm³/mol. The van der Waals surface area contributed by atoms with Crippen LogP contribution in [0.5, 0.6) is 0 Å². The van der Waals surface area contributed by atoms with E-state index in [-0.39, 0.29) is 18.3 Å². The molecule has 0 saturated heterocycles. The van der Waals surface area contributed by atoms with Crippen molar-refractivity contribution in [2.24, 2.45) is 11.8 Å². The highest BCUT2D eigenvalue weighted by atomic mass is 16.5. The third-order valence-electron chi connectivity index (χ3n) is 3.08. The van der Waals surface area contributed by atoms with Gasteiger partial charge in [-0.2, -0.15) is 0 Å². The van der Waals surface area contributed by atoms with Crippen LogP contribution in [0.3, 0.4) is 0 Å². The van der Waals surface area contributed by atoms with Gasteiger partial charge in [0.25, 0.3) is 0 Å². The molecule has 0 amide bonds. The lowest BCUT2D eigenvalue weighted by Crippen LogP contribution is -2.16. The summed E-state index contributed by atoms with van der Waals surface area (Å²) in [5.41, 5.74) is 0. The first kappa shape index (κ1) is 18.6. The molecule has 0 heterocycles. The number of carbonyl (C=O) groups is 1. The van der Waals surface area contributed by atoms with E-state index in [2.05, 4.69) is 13.8 Å². The van der Waals surface area contributed by atoms with Crippen molar-refractivity contribution in [3.63, 3.8) is 0 Å². The fourth-order valence-corrected chi connectivity index (χ4v) is 1.67. The summed E-state index contributed by atoms with van der Waals surface area (Å²) in [6.07, 6.45) is 6.35. The summed E-state index contributed by atoms with van der Waals surface area (Å²) < 4.78 is 10.7. The average molecular weight is 272 g/mol. The Hall–Kier alpha value is -0.410. The molecule has 0 saturated carbocycles. The highest BCUT2D eigenvalue weighted by molar-refractivity contribution is 5.81. The molecule has 19 heavy (non-hydrogen) atoms. The van der Waals surface area contributed by atoms with Crippen LogP contribution >= 0.6 is 0 Å². The topological polar surface area (TPSA) is 35.5 Å². The molecule has 0 bridgehead atoms. The van der Waals surface area contributed by atoms with E-state index >= 15 is 0 Å². The molecule has 0 aliphatic rings. The summed E-state index contributed by atoms with van der Waals surface area (Å²) in [5.74, 6) is 1.04. The van der Waals surface area contributed by atoms with E-state index in [4.69, 9.17) is 9.47 Å². The zero-order chi connectivity index (χ0) is 14.5. The zero-order valence-electron chi connectivity index (χ0n) is 13.2. The second kappa shape index (κ2) is 12.6. The normalized spacial score (nSPS) is 11.5. The molecule has 0 rings (SSSR count). The second-order valence-corrected chi connectivity index (χ2v) is 5.88. The minimum atomic E-state index is 0.0618. The summed E-state index contributed by atoms with van der Waals surface area (Å²) in [4.78, 5) is 11.3. The van der Waals surface area contributed by atoms with Gasteiger partial charge in [0.1, 0.15) is 6.61 Å². The average Bonchev–Trinajstić information content (AvgIpc) is 2.35. The van der Waals surface area contributed by atoms with Crippen molar-refractivity contribution in [1.82, 2.24) is 0 Å². The number of unbranched alkanes of at least 4 members (excludes halogenated alkanes) is 3. The first-order chi connectivity index (χ1) is 9.04. The fourth-order valence-electron chi connectivity index (χ4n) is 1.67. The minimum Gasteiger partial charge on any atom is -0.379 e. The van der Waals surface area contributed by atoms with E-state index in [0.717, 1.165) is 18.9 Å². The molecular weight excluding hydrogens is 240 g/mol. The van der Waals surface area contributed by atoms with Crippen LogP contribution in [0.1, 0.15) is 59.8 Å². The number of hydrogen-bond acceptors (Lipinski definition) is 3. The Morgan fingerprint density at radius 1 is 0.842 bits per heavy atom. The Labute approximate surface area is 119 Å². The molecular formula is C16H32O3. The summed E-state index contributed by atoms with van der Waals surface area (Å²) in [5, 5.41) is 0. The molecule has 0 aromatic carbocycles. The van der Waals surface area contributed by atoms with Crippen LogP contribution in [0.15, 0.2) is 0 Å². The van der Waals surface area contributed by atoms with E-state index in [1.54, 1.807) is 0 Å². The third-order valence-corrected chi connectivity index (χ3v) is 3.08. The largest absolute Gasteiger partial charge is 0.379 e. The Bertz CT molecular complexity index is 212. The van der Waals surface area contributed by atoms with Gasteiger partial charge in [-0.25, -0.2) is 0 Å². The lowest BCUT2D eigenvalue weighted by Gasteiger charge is -2.07. The monoisotopic (exact) mass is 272 g/mol. The second-order valence-electron chi connectivity index (χ2n) is 5.88. The molecule has 0 fully saturated rings. The van der Waals surface area contributed by atoms with Crippen LogP contribution in [-0.4, -0.2) is 32.2 Å². The number of ether oxygens (including phenoxy) is 2. The molecule has 0 unspecified atom stereocenters. The Morgan fingerprint density at radius 3 is 2.11 bits per heavy atom. The predicted octanol–water partition coefficient (Wildman–Crippen LogP) is 3.85.